The number of hydrogen-bond donors (Lipinski definition) is 1. The molecule has 0 aromatic carbocycles. The predicted molar refractivity (Wildman–Crippen MR) is 76.2 cm³/mol. The van der Waals surface area contributed by atoms with Crippen LogP contribution in [0.5, 0.6) is 0 Å². The normalized spacial score (nSPS) is 18.6. The minimum Gasteiger partial charge on any atom is -0.480 e. The molecule has 0 bridgehead atoms. The molecule has 2 heterocycles. The SMILES string of the molecule is Cc1cc(C)nc(SCC(=O)N2CCOCC2C(=O)O)n1. The van der Waals surface area contributed by atoms with Crippen LogP contribution < -0.4 is 0 Å². The molecule has 1 saturated heterocycles. The Morgan fingerprint density at radius 1 is 1.43 bits per heavy atom. The maximum absolute atomic E-state index is 12.2. The summed E-state index contributed by atoms with van der Waals surface area (Å²) in [5, 5.41) is 9.64. The maximum atomic E-state index is 12.2. The minimum atomic E-state index is -1.05. The van der Waals surface area contributed by atoms with Gasteiger partial charge in [-0.1, -0.05) is 11.8 Å². The number of aliphatic carboxylic acids is 1. The van der Waals surface area contributed by atoms with E-state index in [9.17, 15) is 9.59 Å². The fourth-order valence-corrected chi connectivity index (χ4v) is 2.91. The summed E-state index contributed by atoms with van der Waals surface area (Å²) in [7, 11) is 0. The second-order valence-electron chi connectivity index (χ2n) is 4.74. The number of rotatable bonds is 4. The van der Waals surface area contributed by atoms with E-state index in [4.69, 9.17) is 9.84 Å². The van der Waals surface area contributed by atoms with Crippen molar-refractivity contribution in [3.05, 3.63) is 17.5 Å². The number of carbonyl (C=O) groups is 2. The van der Waals surface area contributed by atoms with Gasteiger partial charge in [-0.05, 0) is 19.9 Å². The summed E-state index contributed by atoms with van der Waals surface area (Å²) in [6.45, 7) is 4.42. The standard InChI is InChI=1S/C13H17N3O4S/c1-8-5-9(2)15-13(14-8)21-7-11(17)16-3-4-20-6-10(16)12(18)19/h5,10H,3-4,6-7H2,1-2H3,(H,18,19). The highest BCUT2D eigenvalue weighted by molar-refractivity contribution is 7.99. The summed E-state index contributed by atoms with van der Waals surface area (Å²) in [5.74, 6) is -1.17. The summed E-state index contributed by atoms with van der Waals surface area (Å²) < 4.78 is 5.11. The molecule has 0 spiro atoms. The number of carboxylic acids is 1. The zero-order valence-corrected chi connectivity index (χ0v) is 12.7. The first-order valence-electron chi connectivity index (χ1n) is 6.52. The molecule has 0 saturated carbocycles. The monoisotopic (exact) mass is 311 g/mol. The van der Waals surface area contributed by atoms with Gasteiger partial charge in [-0.15, -0.1) is 0 Å². The van der Waals surface area contributed by atoms with Gasteiger partial charge in [0.1, 0.15) is 0 Å². The molecule has 1 aromatic rings. The molecule has 1 unspecified atom stereocenters. The zero-order valence-electron chi connectivity index (χ0n) is 11.9. The van der Waals surface area contributed by atoms with Crippen molar-refractivity contribution in [2.75, 3.05) is 25.5 Å². The average Bonchev–Trinajstić information content (AvgIpc) is 2.43. The molecule has 7 nitrogen and oxygen atoms in total. The van der Waals surface area contributed by atoms with Crippen molar-refractivity contribution in [2.45, 2.75) is 25.0 Å². The van der Waals surface area contributed by atoms with Gasteiger partial charge < -0.3 is 14.7 Å². The highest BCUT2D eigenvalue weighted by Gasteiger charge is 2.32. The van der Waals surface area contributed by atoms with E-state index in [1.807, 2.05) is 19.9 Å². The van der Waals surface area contributed by atoms with Gasteiger partial charge in [0.15, 0.2) is 11.2 Å². The Kier molecular flexibility index (Phi) is 5.13. The summed E-state index contributed by atoms with van der Waals surface area (Å²) in [5.41, 5.74) is 1.68. The lowest BCUT2D eigenvalue weighted by Crippen LogP contribution is -2.53. The van der Waals surface area contributed by atoms with Crippen molar-refractivity contribution in [1.29, 1.82) is 0 Å². The van der Waals surface area contributed by atoms with E-state index >= 15 is 0 Å². The molecule has 1 aliphatic heterocycles. The molecular formula is C13H17N3O4S. The van der Waals surface area contributed by atoms with Crippen LogP contribution in [0, 0.1) is 13.8 Å². The van der Waals surface area contributed by atoms with E-state index in [1.165, 1.54) is 16.7 Å². The molecule has 1 atom stereocenters. The fourth-order valence-electron chi connectivity index (χ4n) is 2.07. The maximum Gasteiger partial charge on any atom is 0.328 e. The van der Waals surface area contributed by atoms with Crippen LogP contribution in [-0.4, -0.2) is 63.4 Å². The summed E-state index contributed by atoms with van der Waals surface area (Å²) in [6.07, 6.45) is 0. The summed E-state index contributed by atoms with van der Waals surface area (Å²) >= 11 is 1.22. The molecule has 8 heteroatoms. The highest BCUT2D eigenvalue weighted by Crippen LogP contribution is 2.16. The van der Waals surface area contributed by atoms with Crippen molar-refractivity contribution < 1.29 is 19.4 Å². The lowest BCUT2D eigenvalue weighted by atomic mass is 10.2. The van der Waals surface area contributed by atoms with Crippen LogP contribution in [0.4, 0.5) is 0 Å². The van der Waals surface area contributed by atoms with E-state index in [1.54, 1.807) is 0 Å². The number of morpholine rings is 1. The lowest BCUT2D eigenvalue weighted by molar-refractivity contribution is -0.157. The van der Waals surface area contributed by atoms with Crippen molar-refractivity contribution in [1.82, 2.24) is 14.9 Å². The molecular weight excluding hydrogens is 294 g/mol. The topological polar surface area (TPSA) is 92.6 Å². The third-order valence-corrected chi connectivity index (χ3v) is 3.85. The van der Waals surface area contributed by atoms with Gasteiger partial charge in [0.05, 0.1) is 19.0 Å². The number of aryl methyl sites for hydroxylation is 2. The van der Waals surface area contributed by atoms with Crippen molar-refractivity contribution in [3.63, 3.8) is 0 Å². The molecule has 1 N–H and O–H groups in total. The van der Waals surface area contributed by atoms with Gasteiger partial charge in [-0.25, -0.2) is 14.8 Å². The number of hydrogen-bond acceptors (Lipinski definition) is 6. The largest absolute Gasteiger partial charge is 0.480 e. The van der Waals surface area contributed by atoms with Gasteiger partial charge in [0.2, 0.25) is 5.91 Å². The van der Waals surface area contributed by atoms with Gasteiger partial charge in [-0.2, -0.15) is 0 Å². The number of ether oxygens (including phenoxy) is 1. The average molecular weight is 311 g/mol. The van der Waals surface area contributed by atoms with Gasteiger partial charge >= 0.3 is 5.97 Å². The zero-order chi connectivity index (χ0) is 15.4. The molecule has 21 heavy (non-hydrogen) atoms. The number of carboxylic acid groups (broad SMARTS) is 1. The Hall–Kier alpha value is -1.67. The van der Waals surface area contributed by atoms with Crippen molar-refractivity contribution >= 4 is 23.6 Å². The molecule has 2 rings (SSSR count). The van der Waals surface area contributed by atoms with Gasteiger partial charge in [-0.3, -0.25) is 4.79 Å². The summed E-state index contributed by atoms with van der Waals surface area (Å²) in [6, 6.07) is 0.945. The first-order chi connectivity index (χ1) is 9.97. The molecule has 114 valence electrons. The van der Waals surface area contributed by atoms with Crippen molar-refractivity contribution in [3.8, 4) is 0 Å². The molecule has 0 radical (unpaired) electrons. The summed E-state index contributed by atoms with van der Waals surface area (Å²) in [4.78, 5) is 33.2. The van der Waals surface area contributed by atoms with Gasteiger partial charge in [0, 0.05) is 17.9 Å². The smallest absolute Gasteiger partial charge is 0.328 e. The van der Waals surface area contributed by atoms with Crippen LogP contribution in [0.15, 0.2) is 11.2 Å². The van der Waals surface area contributed by atoms with E-state index < -0.39 is 12.0 Å². The molecule has 1 aliphatic rings. The Labute approximate surface area is 126 Å². The first-order valence-corrected chi connectivity index (χ1v) is 7.51. The van der Waals surface area contributed by atoms with Crippen LogP contribution in [-0.2, 0) is 14.3 Å². The Morgan fingerprint density at radius 3 is 2.71 bits per heavy atom. The number of amides is 1. The highest BCUT2D eigenvalue weighted by atomic mass is 32.2. The quantitative estimate of drug-likeness (QED) is 0.639. The molecule has 1 amide bonds. The van der Waals surface area contributed by atoms with Crippen LogP contribution in [0.2, 0.25) is 0 Å². The van der Waals surface area contributed by atoms with E-state index in [2.05, 4.69) is 9.97 Å². The van der Waals surface area contributed by atoms with Gasteiger partial charge in [0.25, 0.3) is 0 Å². The fraction of sp³-hybridized carbons (Fsp3) is 0.538. The van der Waals surface area contributed by atoms with E-state index in [0.29, 0.717) is 18.3 Å². The lowest BCUT2D eigenvalue weighted by Gasteiger charge is -2.32. The molecule has 1 fully saturated rings. The number of aromatic nitrogens is 2. The second-order valence-corrected chi connectivity index (χ2v) is 5.68. The minimum absolute atomic E-state index is 0.0335. The second kappa shape index (κ2) is 6.86. The number of thioether (sulfide) groups is 1. The Balaban J connectivity index is 1.98. The number of carbonyl (C=O) groups excluding carboxylic acids is 1. The van der Waals surface area contributed by atoms with E-state index in [0.717, 1.165) is 11.4 Å². The Bertz CT molecular complexity index is 532. The predicted octanol–water partition coefficient (Wildman–Crippen LogP) is 0.498. The Morgan fingerprint density at radius 2 is 2.10 bits per heavy atom. The van der Waals surface area contributed by atoms with Crippen LogP contribution in [0.25, 0.3) is 0 Å². The molecule has 1 aromatic heterocycles. The van der Waals surface area contributed by atoms with E-state index in [-0.39, 0.29) is 18.3 Å². The third-order valence-electron chi connectivity index (χ3n) is 3.02. The van der Waals surface area contributed by atoms with Crippen molar-refractivity contribution in [2.24, 2.45) is 0 Å². The number of nitrogens with zero attached hydrogens (tertiary/aromatic N) is 3. The molecule has 0 aliphatic carbocycles. The van der Waals surface area contributed by atoms with Crippen LogP contribution in [0.1, 0.15) is 11.4 Å². The third kappa shape index (κ3) is 4.15. The van der Waals surface area contributed by atoms with Crippen LogP contribution in [0.3, 0.4) is 0 Å². The first kappa shape index (κ1) is 15.7. The van der Waals surface area contributed by atoms with Crippen LogP contribution >= 0.6 is 11.8 Å².